The Kier molecular flexibility index (Phi) is 3.79. The Hall–Kier alpha value is -1.68. The van der Waals surface area contributed by atoms with Crippen LogP contribution in [-0.2, 0) is 15.1 Å². The van der Waals surface area contributed by atoms with Crippen LogP contribution in [0.2, 0.25) is 0 Å². The molecule has 0 bridgehead atoms. The fraction of sp³-hybridized carbons (Fsp3) is 0.333. The van der Waals surface area contributed by atoms with Crippen LogP contribution >= 0.6 is 0 Å². The van der Waals surface area contributed by atoms with E-state index in [4.69, 9.17) is 5.41 Å². The van der Waals surface area contributed by atoms with Gasteiger partial charge in [0.1, 0.15) is 5.60 Å². The van der Waals surface area contributed by atoms with Gasteiger partial charge in [0, 0.05) is 0 Å². The average molecular weight is 221 g/mol. The van der Waals surface area contributed by atoms with Crippen molar-refractivity contribution in [3.05, 3.63) is 35.9 Å². The number of hydrogen-bond donors (Lipinski definition) is 2. The van der Waals surface area contributed by atoms with E-state index in [-0.39, 0.29) is 6.61 Å². The van der Waals surface area contributed by atoms with Gasteiger partial charge in [-0.3, -0.25) is 5.41 Å². The van der Waals surface area contributed by atoms with Gasteiger partial charge in [0.15, 0.2) is 5.71 Å². The number of esters is 1. The third kappa shape index (κ3) is 2.46. The maximum Gasteiger partial charge on any atom is 0.355 e. The molecule has 0 aliphatic heterocycles. The second-order valence-corrected chi connectivity index (χ2v) is 3.53. The molecule has 0 fully saturated rings. The van der Waals surface area contributed by atoms with E-state index in [1.54, 1.807) is 37.3 Å². The van der Waals surface area contributed by atoms with Gasteiger partial charge < -0.3 is 9.84 Å². The Morgan fingerprint density at radius 1 is 1.44 bits per heavy atom. The van der Waals surface area contributed by atoms with E-state index in [1.807, 2.05) is 0 Å². The summed E-state index contributed by atoms with van der Waals surface area (Å²) in [5.41, 5.74) is -1.58. The molecular weight excluding hydrogens is 206 g/mol. The summed E-state index contributed by atoms with van der Waals surface area (Å²) in [6, 6.07) is 8.60. The van der Waals surface area contributed by atoms with E-state index in [1.165, 1.54) is 6.92 Å². The predicted molar refractivity (Wildman–Crippen MR) is 60.4 cm³/mol. The Morgan fingerprint density at radius 2 is 2.00 bits per heavy atom. The maximum atomic E-state index is 11.4. The number of benzene rings is 1. The zero-order chi connectivity index (χ0) is 12.2. The zero-order valence-electron chi connectivity index (χ0n) is 9.36. The van der Waals surface area contributed by atoms with Crippen molar-refractivity contribution in [1.29, 1.82) is 5.41 Å². The molecule has 0 amide bonds. The third-order valence-corrected chi connectivity index (χ3v) is 2.30. The fourth-order valence-electron chi connectivity index (χ4n) is 1.31. The van der Waals surface area contributed by atoms with E-state index in [0.717, 1.165) is 0 Å². The van der Waals surface area contributed by atoms with Crippen LogP contribution in [0.1, 0.15) is 19.4 Å². The van der Waals surface area contributed by atoms with Gasteiger partial charge in [-0.05, 0) is 19.4 Å². The Bertz CT molecular complexity index is 385. The van der Waals surface area contributed by atoms with Crippen molar-refractivity contribution >= 4 is 11.7 Å². The van der Waals surface area contributed by atoms with Crippen LogP contribution in [0.5, 0.6) is 0 Å². The Morgan fingerprint density at radius 3 is 2.50 bits per heavy atom. The lowest BCUT2D eigenvalue weighted by Gasteiger charge is -2.23. The molecule has 4 nitrogen and oxygen atoms in total. The van der Waals surface area contributed by atoms with Crippen LogP contribution < -0.4 is 0 Å². The summed E-state index contributed by atoms with van der Waals surface area (Å²) in [6.07, 6.45) is 0. The summed E-state index contributed by atoms with van der Waals surface area (Å²) in [4.78, 5) is 11.4. The lowest BCUT2D eigenvalue weighted by molar-refractivity contribution is -0.136. The molecule has 4 heteroatoms. The van der Waals surface area contributed by atoms with Crippen LogP contribution in [0, 0.1) is 5.41 Å². The summed E-state index contributed by atoms with van der Waals surface area (Å²) in [7, 11) is 0. The van der Waals surface area contributed by atoms with Crippen LogP contribution in [-0.4, -0.2) is 23.4 Å². The minimum atomic E-state index is -1.62. The molecular formula is C12H15NO3. The highest BCUT2D eigenvalue weighted by Crippen LogP contribution is 2.21. The Balaban J connectivity index is 2.94. The van der Waals surface area contributed by atoms with Crippen LogP contribution in [0.3, 0.4) is 0 Å². The molecule has 16 heavy (non-hydrogen) atoms. The monoisotopic (exact) mass is 221 g/mol. The number of carbonyl (C=O) groups excluding carboxylic acids is 1. The first-order valence-electron chi connectivity index (χ1n) is 5.04. The number of nitrogens with one attached hydrogen (secondary N) is 1. The summed E-state index contributed by atoms with van der Waals surface area (Å²) < 4.78 is 4.69. The maximum absolute atomic E-state index is 11.4. The second-order valence-electron chi connectivity index (χ2n) is 3.53. The molecule has 0 aliphatic carbocycles. The van der Waals surface area contributed by atoms with Crippen molar-refractivity contribution in [1.82, 2.24) is 0 Å². The number of aliphatic hydroxyl groups is 1. The molecule has 0 heterocycles. The highest BCUT2D eigenvalue weighted by atomic mass is 16.5. The summed E-state index contributed by atoms with van der Waals surface area (Å²) >= 11 is 0. The number of ether oxygens (including phenoxy) is 1. The third-order valence-electron chi connectivity index (χ3n) is 2.30. The number of carbonyl (C=O) groups is 1. The molecule has 1 atom stereocenters. The molecule has 0 unspecified atom stereocenters. The highest BCUT2D eigenvalue weighted by Gasteiger charge is 2.34. The predicted octanol–water partition coefficient (Wildman–Crippen LogP) is 1.48. The van der Waals surface area contributed by atoms with Gasteiger partial charge in [0.2, 0.25) is 0 Å². The first kappa shape index (κ1) is 12.4. The molecule has 1 rings (SSSR count). The molecule has 0 aromatic heterocycles. The van der Waals surface area contributed by atoms with Crippen LogP contribution in [0.25, 0.3) is 0 Å². The van der Waals surface area contributed by atoms with E-state index < -0.39 is 17.3 Å². The van der Waals surface area contributed by atoms with Crippen molar-refractivity contribution < 1.29 is 14.6 Å². The van der Waals surface area contributed by atoms with Crippen LogP contribution in [0.4, 0.5) is 0 Å². The van der Waals surface area contributed by atoms with Gasteiger partial charge >= 0.3 is 5.97 Å². The smallest absolute Gasteiger partial charge is 0.355 e. The molecule has 0 radical (unpaired) electrons. The standard InChI is InChI=1S/C12H15NO3/c1-3-16-11(14)10(13)12(2,15)9-7-5-4-6-8-9/h4-8,13,15H,3H2,1-2H3/t12-/m1/s1. The fourth-order valence-corrected chi connectivity index (χ4v) is 1.31. The highest BCUT2D eigenvalue weighted by molar-refractivity contribution is 6.38. The molecule has 86 valence electrons. The SMILES string of the molecule is CCOC(=O)C(=N)[C@](C)(O)c1ccccc1. The molecule has 2 N–H and O–H groups in total. The number of rotatable bonds is 4. The minimum Gasteiger partial charge on any atom is -0.461 e. The summed E-state index contributed by atoms with van der Waals surface area (Å²) in [5.74, 6) is -0.795. The van der Waals surface area contributed by atoms with Crippen molar-refractivity contribution in [3.8, 4) is 0 Å². The van der Waals surface area contributed by atoms with Crippen molar-refractivity contribution in [2.75, 3.05) is 6.61 Å². The lowest BCUT2D eigenvalue weighted by Crippen LogP contribution is -2.38. The van der Waals surface area contributed by atoms with Crippen molar-refractivity contribution in [2.45, 2.75) is 19.4 Å². The van der Waals surface area contributed by atoms with Gasteiger partial charge in [0.25, 0.3) is 0 Å². The topological polar surface area (TPSA) is 70.4 Å². The largest absolute Gasteiger partial charge is 0.461 e. The minimum absolute atomic E-state index is 0.187. The van der Waals surface area contributed by atoms with Crippen molar-refractivity contribution in [2.24, 2.45) is 0 Å². The molecule has 1 aromatic rings. The lowest BCUT2D eigenvalue weighted by atomic mass is 9.91. The summed E-state index contributed by atoms with van der Waals surface area (Å²) in [6.45, 7) is 3.25. The van der Waals surface area contributed by atoms with Gasteiger partial charge in [-0.2, -0.15) is 0 Å². The van der Waals surface area contributed by atoms with E-state index >= 15 is 0 Å². The molecule has 0 saturated carbocycles. The van der Waals surface area contributed by atoms with Crippen molar-refractivity contribution in [3.63, 3.8) is 0 Å². The molecule has 0 saturated heterocycles. The molecule has 0 aliphatic rings. The summed E-state index contributed by atoms with van der Waals surface area (Å²) in [5, 5.41) is 17.7. The molecule has 0 spiro atoms. The average Bonchev–Trinajstić information content (AvgIpc) is 2.29. The molecule has 1 aromatic carbocycles. The first-order chi connectivity index (χ1) is 7.50. The van der Waals surface area contributed by atoms with E-state index in [0.29, 0.717) is 5.56 Å². The van der Waals surface area contributed by atoms with E-state index in [2.05, 4.69) is 4.74 Å². The van der Waals surface area contributed by atoms with Gasteiger partial charge in [-0.25, -0.2) is 4.79 Å². The normalized spacial score (nSPS) is 13.9. The second kappa shape index (κ2) is 4.90. The van der Waals surface area contributed by atoms with E-state index in [9.17, 15) is 9.90 Å². The number of hydrogen-bond acceptors (Lipinski definition) is 4. The first-order valence-corrected chi connectivity index (χ1v) is 5.04. The van der Waals surface area contributed by atoms with Gasteiger partial charge in [0.05, 0.1) is 6.61 Å². The zero-order valence-corrected chi connectivity index (χ0v) is 9.36. The van der Waals surface area contributed by atoms with Gasteiger partial charge in [-0.1, -0.05) is 30.3 Å². The Labute approximate surface area is 94.4 Å². The van der Waals surface area contributed by atoms with Gasteiger partial charge in [-0.15, -0.1) is 0 Å². The quantitative estimate of drug-likeness (QED) is 0.597. The van der Waals surface area contributed by atoms with Crippen LogP contribution in [0.15, 0.2) is 30.3 Å².